The van der Waals surface area contributed by atoms with Gasteiger partial charge in [-0.1, -0.05) is 23.4 Å². The average molecular weight is 395 g/mol. The van der Waals surface area contributed by atoms with Crippen molar-refractivity contribution in [1.29, 1.82) is 0 Å². The number of benzene rings is 1. The number of aryl methyl sites for hydroxylation is 1. The molecule has 1 N–H and O–H groups in total. The molecular formula is C19H21N7O3. The van der Waals surface area contributed by atoms with Gasteiger partial charge in [-0.2, -0.15) is 4.98 Å². The Morgan fingerprint density at radius 2 is 2.21 bits per heavy atom. The van der Waals surface area contributed by atoms with Crippen LogP contribution in [0.25, 0.3) is 11.6 Å². The quantitative estimate of drug-likeness (QED) is 0.701. The van der Waals surface area contributed by atoms with Gasteiger partial charge in [0.25, 0.3) is 11.8 Å². The summed E-state index contributed by atoms with van der Waals surface area (Å²) in [5.74, 6) is 0.706. The zero-order valence-electron chi connectivity index (χ0n) is 16.2. The van der Waals surface area contributed by atoms with Gasteiger partial charge in [-0.25, -0.2) is 4.68 Å². The molecule has 0 unspecified atom stereocenters. The summed E-state index contributed by atoms with van der Waals surface area (Å²) in [6, 6.07) is 6.96. The lowest BCUT2D eigenvalue weighted by Crippen LogP contribution is -2.29. The molecule has 4 rings (SSSR count). The third-order valence-electron chi connectivity index (χ3n) is 4.77. The Bertz CT molecular complexity index is 1040. The molecule has 3 aromatic rings. The number of carbonyl (C=O) groups excluding carboxylic acids is 2. The lowest BCUT2D eigenvalue weighted by Gasteiger charge is -2.17. The van der Waals surface area contributed by atoms with Crippen molar-refractivity contribution < 1.29 is 14.1 Å². The highest BCUT2D eigenvalue weighted by molar-refractivity contribution is 5.97. The van der Waals surface area contributed by atoms with Gasteiger partial charge in [0.05, 0.1) is 12.2 Å². The van der Waals surface area contributed by atoms with Crippen LogP contribution < -0.4 is 5.32 Å². The molecule has 0 radical (unpaired) electrons. The van der Waals surface area contributed by atoms with Gasteiger partial charge in [0.15, 0.2) is 11.5 Å². The van der Waals surface area contributed by atoms with Crippen molar-refractivity contribution in [2.45, 2.75) is 32.7 Å². The predicted molar refractivity (Wildman–Crippen MR) is 103 cm³/mol. The fourth-order valence-corrected chi connectivity index (χ4v) is 3.31. The van der Waals surface area contributed by atoms with Crippen molar-refractivity contribution in [2.24, 2.45) is 0 Å². The van der Waals surface area contributed by atoms with Crippen molar-refractivity contribution in [2.75, 3.05) is 18.4 Å². The Kier molecular flexibility index (Phi) is 5.07. The second kappa shape index (κ2) is 7.82. The fraction of sp³-hybridized carbons (Fsp3) is 0.368. The van der Waals surface area contributed by atoms with Crippen LogP contribution in [0.5, 0.6) is 0 Å². The number of rotatable bonds is 5. The summed E-state index contributed by atoms with van der Waals surface area (Å²) < 4.78 is 6.94. The lowest BCUT2D eigenvalue weighted by molar-refractivity contribution is -0.114. The SMILES string of the molecule is CCc1noc(-c2cn([C@H]3CCN(C(=O)c4cccc(NC(C)=O)c4)C3)nn2)n1. The molecule has 0 saturated carbocycles. The molecule has 10 nitrogen and oxygen atoms in total. The topological polar surface area (TPSA) is 119 Å². The minimum atomic E-state index is -0.176. The summed E-state index contributed by atoms with van der Waals surface area (Å²) >= 11 is 0. The predicted octanol–water partition coefficient (Wildman–Crippen LogP) is 1.94. The number of aromatic nitrogens is 5. The molecular weight excluding hydrogens is 374 g/mol. The molecule has 150 valence electrons. The second-order valence-electron chi connectivity index (χ2n) is 6.91. The van der Waals surface area contributed by atoms with E-state index in [-0.39, 0.29) is 17.9 Å². The number of likely N-dealkylation sites (tertiary alicyclic amines) is 1. The van der Waals surface area contributed by atoms with Gasteiger partial charge >= 0.3 is 0 Å². The third-order valence-corrected chi connectivity index (χ3v) is 4.77. The molecule has 3 heterocycles. The molecule has 2 amide bonds. The van der Waals surface area contributed by atoms with E-state index in [9.17, 15) is 9.59 Å². The lowest BCUT2D eigenvalue weighted by atomic mass is 10.1. The van der Waals surface area contributed by atoms with E-state index in [1.54, 1.807) is 40.0 Å². The van der Waals surface area contributed by atoms with Gasteiger partial charge in [-0.3, -0.25) is 9.59 Å². The largest absolute Gasteiger partial charge is 0.336 e. The second-order valence-corrected chi connectivity index (χ2v) is 6.91. The molecule has 0 aliphatic carbocycles. The van der Waals surface area contributed by atoms with Crippen molar-refractivity contribution in [3.63, 3.8) is 0 Å². The number of hydrogen-bond acceptors (Lipinski definition) is 7. The monoisotopic (exact) mass is 395 g/mol. The summed E-state index contributed by atoms with van der Waals surface area (Å²) in [6.45, 7) is 4.52. The van der Waals surface area contributed by atoms with E-state index in [4.69, 9.17) is 4.52 Å². The van der Waals surface area contributed by atoms with E-state index in [1.165, 1.54) is 6.92 Å². The first-order valence-electron chi connectivity index (χ1n) is 9.45. The highest BCUT2D eigenvalue weighted by Gasteiger charge is 2.29. The molecule has 1 fully saturated rings. The van der Waals surface area contributed by atoms with Gasteiger partial charge in [-0.05, 0) is 24.6 Å². The zero-order valence-corrected chi connectivity index (χ0v) is 16.2. The number of hydrogen-bond donors (Lipinski definition) is 1. The molecule has 10 heteroatoms. The Hall–Kier alpha value is -3.56. The minimum absolute atomic E-state index is 0.0206. The van der Waals surface area contributed by atoms with Crippen LogP contribution in [0.15, 0.2) is 35.0 Å². The van der Waals surface area contributed by atoms with Crippen LogP contribution in [0.2, 0.25) is 0 Å². The summed E-state index contributed by atoms with van der Waals surface area (Å²) in [4.78, 5) is 30.1. The maximum absolute atomic E-state index is 12.9. The Balaban J connectivity index is 1.44. The van der Waals surface area contributed by atoms with E-state index in [0.717, 1.165) is 6.42 Å². The Morgan fingerprint density at radius 3 is 2.97 bits per heavy atom. The maximum Gasteiger partial charge on any atom is 0.280 e. The van der Waals surface area contributed by atoms with Crippen molar-refractivity contribution in [3.8, 4) is 11.6 Å². The minimum Gasteiger partial charge on any atom is -0.336 e. The van der Waals surface area contributed by atoms with Crippen LogP contribution >= 0.6 is 0 Å². The van der Waals surface area contributed by atoms with Gasteiger partial charge in [-0.15, -0.1) is 5.10 Å². The van der Waals surface area contributed by atoms with Gasteiger partial charge in [0.2, 0.25) is 5.91 Å². The highest BCUT2D eigenvalue weighted by atomic mass is 16.5. The Morgan fingerprint density at radius 1 is 1.34 bits per heavy atom. The number of nitrogens with zero attached hydrogens (tertiary/aromatic N) is 6. The first-order valence-corrected chi connectivity index (χ1v) is 9.45. The van der Waals surface area contributed by atoms with Crippen LogP contribution in [0.3, 0.4) is 0 Å². The third kappa shape index (κ3) is 4.00. The van der Waals surface area contributed by atoms with Gasteiger partial charge in [0, 0.05) is 37.7 Å². The van der Waals surface area contributed by atoms with Crippen molar-refractivity contribution in [1.82, 2.24) is 30.0 Å². The summed E-state index contributed by atoms with van der Waals surface area (Å²) in [7, 11) is 0. The molecule has 1 saturated heterocycles. The molecule has 1 atom stereocenters. The zero-order chi connectivity index (χ0) is 20.4. The van der Waals surface area contributed by atoms with Crippen molar-refractivity contribution in [3.05, 3.63) is 41.9 Å². The number of amides is 2. The number of carbonyl (C=O) groups is 2. The smallest absolute Gasteiger partial charge is 0.280 e. The van der Waals surface area contributed by atoms with Crippen LogP contribution in [0.1, 0.15) is 42.5 Å². The van der Waals surface area contributed by atoms with Crippen LogP contribution in [0, 0.1) is 0 Å². The number of nitrogens with one attached hydrogen (secondary N) is 1. The van der Waals surface area contributed by atoms with E-state index in [2.05, 4.69) is 25.8 Å². The van der Waals surface area contributed by atoms with Crippen molar-refractivity contribution >= 4 is 17.5 Å². The summed E-state index contributed by atoms with van der Waals surface area (Å²) in [5, 5.41) is 14.9. The molecule has 0 bridgehead atoms. The highest BCUT2D eigenvalue weighted by Crippen LogP contribution is 2.25. The molecule has 2 aromatic heterocycles. The van der Waals surface area contributed by atoms with E-state index in [1.807, 2.05) is 6.92 Å². The van der Waals surface area contributed by atoms with E-state index >= 15 is 0 Å². The first-order chi connectivity index (χ1) is 14.0. The van der Waals surface area contributed by atoms with Crippen LogP contribution in [0.4, 0.5) is 5.69 Å². The molecule has 0 spiro atoms. The van der Waals surface area contributed by atoms with Gasteiger partial charge in [0.1, 0.15) is 0 Å². The fourth-order valence-electron chi connectivity index (χ4n) is 3.31. The molecule has 1 aliphatic rings. The normalized spacial score (nSPS) is 16.2. The maximum atomic E-state index is 12.9. The van der Waals surface area contributed by atoms with Crippen LogP contribution in [-0.4, -0.2) is 54.9 Å². The van der Waals surface area contributed by atoms with E-state index in [0.29, 0.717) is 48.2 Å². The van der Waals surface area contributed by atoms with E-state index < -0.39 is 0 Å². The summed E-state index contributed by atoms with van der Waals surface area (Å²) in [6.07, 6.45) is 3.22. The summed E-state index contributed by atoms with van der Waals surface area (Å²) in [5.41, 5.74) is 1.66. The average Bonchev–Trinajstić information content (AvgIpc) is 3.46. The standard InChI is InChI=1S/C19H21N7O3/c1-3-17-21-18(29-23-17)16-11-26(24-22-16)15-7-8-25(10-15)19(28)13-5-4-6-14(9-13)20-12(2)27/h4-6,9,11,15H,3,7-8,10H2,1-2H3,(H,20,27)/t15-/m0/s1. The molecule has 1 aromatic carbocycles. The first kappa shape index (κ1) is 18.8. The Labute approximate surface area is 166 Å². The van der Waals surface area contributed by atoms with Gasteiger partial charge < -0.3 is 14.7 Å². The molecule has 1 aliphatic heterocycles. The van der Waals surface area contributed by atoms with Crippen LogP contribution in [-0.2, 0) is 11.2 Å². The molecule has 29 heavy (non-hydrogen) atoms. The number of anilines is 1.